The zero-order chi connectivity index (χ0) is 18.7. The maximum atomic E-state index is 12.4. The van der Waals surface area contributed by atoms with Crippen LogP contribution in [-0.4, -0.2) is 54.0 Å². The van der Waals surface area contributed by atoms with Crippen LogP contribution < -0.4 is 9.47 Å². The number of hydrogen-bond donors (Lipinski definition) is 0. The molecule has 0 bridgehead atoms. The van der Waals surface area contributed by atoms with E-state index >= 15 is 0 Å². The van der Waals surface area contributed by atoms with Crippen LogP contribution in [0.1, 0.15) is 25.8 Å². The molecular weight excluding hydrogens is 340 g/mol. The molecule has 0 aromatic heterocycles. The van der Waals surface area contributed by atoms with Gasteiger partial charge in [-0.05, 0) is 49.3 Å². The number of benzene rings is 1. The fourth-order valence-electron chi connectivity index (χ4n) is 2.31. The van der Waals surface area contributed by atoms with E-state index in [0.717, 1.165) is 6.42 Å². The summed E-state index contributed by atoms with van der Waals surface area (Å²) in [6.07, 6.45) is 2.47. The molecule has 0 radical (unpaired) electrons. The van der Waals surface area contributed by atoms with Gasteiger partial charge in [0.2, 0.25) is 0 Å². The third-order valence-electron chi connectivity index (χ3n) is 4.05. The maximum absolute atomic E-state index is 12.4. The number of nitrogens with zero attached hydrogens (tertiary/aromatic N) is 2. The first-order valence-corrected chi connectivity index (χ1v) is 8.37. The van der Waals surface area contributed by atoms with Crippen LogP contribution in [-0.2, 0) is 9.59 Å². The Balaban J connectivity index is 2.38. The number of thiocarbonyl (C=S) groups is 1. The van der Waals surface area contributed by atoms with Gasteiger partial charge < -0.3 is 9.47 Å². The maximum Gasteiger partial charge on any atom is 0.265 e. The van der Waals surface area contributed by atoms with Crippen LogP contribution in [0.2, 0.25) is 0 Å². The molecule has 7 heteroatoms. The first kappa shape index (κ1) is 18.9. The molecule has 6 nitrogen and oxygen atoms in total. The summed E-state index contributed by atoms with van der Waals surface area (Å²) in [7, 11) is 4.64. The molecule has 2 rings (SSSR count). The average molecular weight is 362 g/mol. The molecule has 0 unspecified atom stereocenters. The van der Waals surface area contributed by atoms with Gasteiger partial charge in [-0.15, -0.1) is 0 Å². The van der Waals surface area contributed by atoms with Crippen molar-refractivity contribution >= 4 is 35.2 Å². The largest absolute Gasteiger partial charge is 0.493 e. The predicted octanol–water partition coefficient (Wildman–Crippen LogP) is 2.47. The second kappa shape index (κ2) is 7.65. The minimum absolute atomic E-state index is 0.0521. The summed E-state index contributed by atoms with van der Waals surface area (Å²) >= 11 is 5.08. The molecule has 1 saturated heterocycles. The third-order valence-corrected chi connectivity index (χ3v) is 4.59. The molecule has 0 saturated carbocycles. The van der Waals surface area contributed by atoms with Crippen LogP contribution in [0.25, 0.3) is 6.08 Å². The Kier molecular flexibility index (Phi) is 5.79. The Hall–Kier alpha value is -2.41. The Morgan fingerprint density at radius 2 is 1.76 bits per heavy atom. The van der Waals surface area contributed by atoms with Crippen molar-refractivity contribution < 1.29 is 19.1 Å². The van der Waals surface area contributed by atoms with Crippen molar-refractivity contribution in [1.29, 1.82) is 0 Å². The van der Waals surface area contributed by atoms with E-state index in [1.807, 2.05) is 13.8 Å². The number of amides is 2. The van der Waals surface area contributed by atoms with Gasteiger partial charge in [-0.1, -0.05) is 13.0 Å². The second-order valence-corrected chi connectivity index (χ2v) is 6.18. The Labute approximate surface area is 153 Å². The molecule has 2 amide bonds. The lowest BCUT2D eigenvalue weighted by atomic mass is 10.1. The molecule has 1 aliphatic heterocycles. The van der Waals surface area contributed by atoms with Crippen molar-refractivity contribution in [1.82, 2.24) is 9.80 Å². The van der Waals surface area contributed by atoms with Crippen LogP contribution in [0.5, 0.6) is 11.5 Å². The van der Waals surface area contributed by atoms with Crippen LogP contribution in [0.4, 0.5) is 0 Å². The summed E-state index contributed by atoms with van der Waals surface area (Å²) in [5.41, 5.74) is 0.718. The zero-order valence-corrected chi connectivity index (χ0v) is 15.8. The van der Waals surface area contributed by atoms with E-state index in [-0.39, 0.29) is 16.8 Å². The van der Waals surface area contributed by atoms with Crippen molar-refractivity contribution in [2.24, 2.45) is 0 Å². The summed E-state index contributed by atoms with van der Waals surface area (Å²) in [5, 5.41) is 0.182. The van der Waals surface area contributed by atoms with Crippen LogP contribution in [0.3, 0.4) is 0 Å². The zero-order valence-electron chi connectivity index (χ0n) is 15.0. The molecule has 1 aromatic carbocycles. The third kappa shape index (κ3) is 3.82. The van der Waals surface area contributed by atoms with Crippen LogP contribution in [0.15, 0.2) is 23.8 Å². The van der Waals surface area contributed by atoms with Gasteiger partial charge in [0.05, 0.1) is 13.2 Å². The topological polar surface area (TPSA) is 59.1 Å². The number of carbonyl (C=O) groups is 2. The molecule has 1 heterocycles. The first-order chi connectivity index (χ1) is 11.8. The van der Waals surface area contributed by atoms with Gasteiger partial charge in [0.15, 0.2) is 16.6 Å². The smallest absolute Gasteiger partial charge is 0.265 e. The molecule has 1 fully saturated rings. The van der Waals surface area contributed by atoms with Gasteiger partial charge in [0.25, 0.3) is 11.8 Å². The molecule has 1 aliphatic rings. The van der Waals surface area contributed by atoms with Crippen molar-refractivity contribution in [2.75, 3.05) is 21.2 Å². The molecular formula is C18H22N2O4S. The number of likely N-dealkylation sites (N-methyl/N-ethyl adjacent to an activating group) is 2. The summed E-state index contributed by atoms with van der Waals surface area (Å²) < 4.78 is 11.2. The summed E-state index contributed by atoms with van der Waals surface area (Å²) in [5.74, 6) is 0.317. The fourth-order valence-corrected chi connectivity index (χ4v) is 2.48. The number of methoxy groups -OCH3 is 1. The van der Waals surface area contributed by atoms with E-state index in [9.17, 15) is 9.59 Å². The van der Waals surface area contributed by atoms with E-state index in [1.165, 1.54) is 15.9 Å². The molecule has 134 valence electrons. The van der Waals surface area contributed by atoms with E-state index < -0.39 is 11.8 Å². The fraction of sp³-hybridized carbons (Fsp3) is 0.389. The van der Waals surface area contributed by atoms with Gasteiger partial charge in [0.1, 0.15) is 5.57 Å². The average Bonchev–Trinajstić information content (AvgIpc) is 2.62. The Morgan fingerprint density at radius 3 is 2.28 bits per heavy atom. The highest BCUT2D eigenvalue weighted by Crippen LogP contribution is 2.30. The minimum atomic E-state index is -0.424. The Bertz CT molecular complexity index is 719. The highest BCUT2D eigenvalue weighted by Gasteiger charge is 2.35. The van der Waals surface area contributed by atoms with Gasteiger partial charge in [-0.25, -0.2) is 0 Å². The molecule has 0 aliphatic carbocycles. The van der Waals surface area contributed by atoms with Gasteiger partial charge in [-0.2, -0.15) is 0 Å². The standard InChI is InChI=1S/C18H22N2O4S/c1-6-11(2)24-14-8-7-12(10-15(14)23-5)9-13-16(21)19(3)18(25)20(4)17(13)22/h7-11H,6H2,1-5H3/t11-/m0/s1. The van der Waals surface area contributed by atoms with Crippen LogP contribution >= 0.6 is 12.2 Å². The predicted molar refractivity (Wildman–Crippen MR) is 99.5 cm³/mol. The highest BCUT2D eigenvalue weighted by molar-refractivity contribution is 7.80. The van der Waals surface area contributed by atoms with Gasteiger partial charge in [-0.3, -0.25) is 19.4 Å². The van der Waals surface area contributed by atoms with Crippen molar-refractivity contribution in [2.45, 2.75) is 26.4 Å². The van der Waals surface area contributed by atoms with E-state index in [0.29, 0.717) is 17.1 Å². The lowest BCUT2D eigenvalue weighted by Crippen LogP contribution is -2.52. The molecule has 0 N–H and O–H groups in total. The van der Waals surface area contributed by atoms with E-state index in [4.69, 9.17) is 21.7 Å². The number of rotatable bonds is 5. The van der Waals surface area contributed by atoms with Crippen molar-refractivity contribution in [3.05, 3.63) is 29.3 Å². The molecule has 25 heavy (non-hydrogen) atoms. The van der Waals surface area contributed by atoms with E-state index in [1.54, 1.807) is 39.4 Å². The Morgan fingerprint density at radius 1 is 1.16 bits per heavy atom. The van der Waals surface area contributed by atoms with Gasteiger partial charge >= 0.3 is 0 Å². The SMILES string of the molecule is CC[C@H](C)Oc1ccc(C=C2C(=O)N(C)C(=S)N(C)C2=O)cc1OC. The summed E-state index contributed by atoms with van der Waals surface area (Å²) in [6.45, 7) is 4.01. The van der Waals surface area contributed by atoms with Crippen LogP contribution in [0, 0.1) is 0 Å². The number of carbonyl (C=O) groups excluding carboxylic acids is 2. The summed E-state index contributed by atoms with van der Waals surface area (Å²) in [4.78, 5) is 27.3. The quantitative estimate of drug-likeness (QED) is 0.458. The lowest BCUT2D eigenvalue weighted by molar-refractivity contribution is -0.132. The molecule has 1 aromatic rings. The normalized spacial score (nSPS) is 16.2. The van der Waals surface area contributed by atoms with Crippen molar-refractivity contribution in [3.8, 4) is 11.5 Å². The van der Waals surface area contributed by atoms with Crippen molar-refractivity contribution in [3.63, 3.8) is 0 Å². The first-order valence-electron chi connectivity index (χ1n) is 7.96. The number of hydrogen-bond acceptors (Lipinski definition) is 5. The molecule has 0 spiro atoms. The lowest BCUT2D eigenvalue weighted by Gasteiger charge is -2.31. The number of ether oxygens (including phenoxy) is 2. The van der Waals surface area contributed by atoms with Gasteiger partial charge in [0, 0.05) is 14.1 Å². The summed E-state index contributed by atoms with van der Waals surface area (Å²) in [6, 6.07) is 5.28. The van der Waals surface area contributed by atoms with E-state index in [2.05, 4.69) is 0 Å². The minimum Gasteiger partial charge on any atom is -0.493 e. The molecule has 1 atom stereocenters. The highest BCUT2D eigenvalue weighted by atomic mass is 32.1. The monoisotopic (exact) mass is 362 g/mol. The second-order valence-electron chi connectivity index (χ2n) is 5.82.